The van der Waals surface area contributed by atoms with Crippen LogP contribution in [0.1, 0.15) is 11.1 Å². The number of anilines is 2. The number of benzene rings is 1. The highest BCUT2D eigenvalue weighted by atomic mass is 15.1. The molecule has 4 heteroatoms. The molecule has 0 unspecified atom stereocenters. The van der Waals surface area contributed by atoms with Gasteiger partial charge >= 0.3 is 0 Å². The van der Waals surface area contributed by atoms with Crippen molar-refractivity contribution >= 4 is 11.8 Å². The van der Waals surface area contributed by atoms with Gasteiger partial charge in [-0.25, -0.2) is 4.98 Å². The highest BCUT2D eigenvalue weighted by Gasteiger charge is 2.20. The van der Waals surface area contributed by atoms with Crippen LogP contribution >= 0.6 is 0 Å². The quantitative estimate of drug-likeness (QED) is 0.817. The summed E-state index contributed by atoms with van der Waals surface area (Å²) in [6, 6.07) is 10.8. The molecule has 0 fully saturated rings. The topological polar surface area (TPSA) is 63.8 Å². The molecule has 0 bridgehead atoms. The number of fused-ring (bicyclic) bond motifs is 1. The van der Waals surface area contributed by atoms with Crippen LogP contribution in [0.5, 0.6) is 0 Å². The Kier molecular flexibility index (Phi) is 2.40. The molecular weight excluding hydrogens is 212 g/mol. The standard InChI is InChI=1S/C13H14N4/c14-13-15-6-5-12(17-13)16-11-7-9-3-1-2-4-10(9)8-11/h1-6,11H,7-8H2,(H3,14,15,16,17). The molecule has 0 saturated carbocycles. The fourth-order valence-corrected chi connectivity index (χ4v) is 2.32. The van der Waals surface area contributed by atoms with Crippen LogP contribution in [0.15, 0.2) is 36.5 Å². The Morgan fingerprint density at radius 3 is 2.47 bits per heavy atom. The molecule has 1 aromatic carbocycles. The maximum absolute atomic E-state index is 5.55. The number of nitrogens with two attached hydrogens (primary N) is 1. The van der Waals surface area contributed by atoms with Crippen LogP contribution in [-0.4, -0.2) is 16.0 Å². The first-order valence-electron chi connectivity index (χ1n) is 5.73. The van der Waals surface area contributed by atoms with Gasteiger partial charge < -0.3 is 11.1 Å². The average Bonchev–Trinajstić information content (AvgIpc) is 2.71. The van der Waals surface area contributed by atoms with Gasteiger partial charge in [-0.1, -0.05) is 24.3 Å². The molecule has 86 valence electrons. The van der Waals surface area contributed by atoms with Gasteiger partial charge in [0.05, 0.1) is 0 Å². The summed E-state index contributed by atoms with van der Waals surface area (Å²) in [4.78, 5) is 8.04. The zero-order valence-electron chi connectivity index (χ0n) is 9.43. The Bertz CT molecular complexity index is 513. The van der Waals surface area contributed by atoms with Crippen molar-refractivity contribution in [3.63, 3.8) is 0 Å². The first-order valence-corrected chi connectivity index (χ1v) is 5.73. The summed E-state index contributed by atoms with van der Waals surface area (Å²) in [5.41, 5.74) is 8.40. The zero-order valence-corrected chi connectivity index (χ0v) is 9.43. The molecule has 0 amide bonds. The smallest absolute Gasteiger partial charge is 0.221 e. The lowest BCUT2D eigenvalue weighted by atomic mass is 10.1. The van der Waals surface area contributed by atoms with Crippen LogP contribution in [0, 0.1) is 0 Å². The molecule has 4 nitrogen and oxygen atoms in total. The minimum absolute atomic E-state index is 0.311. The fourth-order valence-electron chi connectivity index (χ4n) is 2.32. The third-order valence-corrected chi connectivity index (χ3v) is 3.08. The van der Waals surface area contributed by atoms with Crippen LogP contribution < -0.4 is 11.1 Å². The molecule has 1 aliphatic rings. The number of nitrogen functional groups attached to an aromatic ring is 1. The van der Waals surface area contributed by atoms with E-state index in [1.165, 1.54) is 11.1 Å². The first-order chi connectivity index (χ1) is 8.31. The van der Waals surface area contributed by atoms with E-state index in [4.69, 9.17) is 5.73 Å². The minimum Gasteiger partial charge on any atom is -0.368 e. The van der Waals surface area contributed by atoms with E-state index in [0.717, 1.165) is 18.7 Å². The largest absolute Gasteiger partial charge is 0.368 e. The van der Waals surface area contributed by atoms with Gasteiger partial charge in [-0.2, -0.15) is 4.98 Å². The van der Waals surface area contributed by atoms with Crippen LogP contribution in [0.3, 0.4) is 0 Å². The second-order valence-corrected chi connectivity index (χ2v) is 4.32. The van der Waals surface area contributed by atoms with E-state index < -0.39 is 0 Å². The van der Waals surface area contributed by atoms with Crippen LogP contribution in [0.4, 0.5) is 11.8 Å². The fraction of sp³-hybridized carbons (Fsp3) is 0.231. The molecule has 1 aliphatic carbocycles. The Labute approximate surface area is 99.9 Å². The van der Waals surface area contributed by atoms with Crippen LogP contribution in [0.2, 0.25) is 0 Å². The molecule has 0 radical (unpaired) electrons. The summed E-state index contributed by atoms with van der Waals surface area (Å²) >= 11 is 0. The number of nitrogens with one attached hydrogen (secondary N) is 1. The van der Waals surface area contributed by atoms with Crippen molar-refractivity contribution in [2.75, 3.05) is 11.1 Å². The summed E-state index contributed by atoms with van der Waals surface area (Å²) in [5, 5.41) is 3.40. The van der Waals surface area contributed by atoms with Crippen molar-refractivity contribution in [1.82, 2.24) is 9.97 Å². The van der Waals surface area contributed by atoms with E-state index in [2.05, 4.69) is 39.6 Å². The van der Waals surface area contributed by atoms with Crippen LogP contribution in [-0.2, 0) is 12.8 Å². The van der Waals surface area contributed by atoms with E-state index in [-0.39, 0.29) is 0 Å². The molecule has 2 aromatic rings. The Morgan fingerprint density at radius 1 is 1.12 bits per heavy atom. The van der Waals surface area contributed by atoms with Gasteiger partial charge in [0.2, 0.25) is 5.95 Å². The van der Waals surface area contributed by atoms with Crippen LogP contribution in [0.25, 0.3) is 0 Å². The molecule has 17 heavy (non-hydrogen) atoms. The van der Waals surface area contributed by atoms with Gasteiger partial charge in [0, 0.05) is 12.2 Å². The molecular formula is C13H14N4. The molecule has 0 saturated heterocycles. The van der Waals surface area contributed by atoms with Gasteiger partial charge in [0.15, 0.2) is 0 Å². The number of rotatable bonds is 2. The lowest BCUT2D eigenvalue weighted by Crippen LogP contribution is -2.20. The number of aromatic nitrogens is 2. The van der Waals surface area contributed by atoms with Crippen molar-refractivity contribution in [3.05, 3.63) is 47.7 Å². The van der Waals surface area contributed by atoms with E-state index >= 15 is 0 Å². The third kappa shape index (κ3) is 2.06. The van der Waals surface area contributed by atoms with Crippen molar-refractivity contribution in [2.45, 2.75) is 18.9 Å². The molecule has 0 aliphatic heterocycles. The highest BCUT2D eigenvalue weighted by molar-refractivity contribution is 5.42. The summed E-state index contributed by atoms with van der Waals surface area (Å²) in [5.74, 6) is 1.11. The Hall–Kier alpha value is -2.10. The summed E-state index contributed by atoms with van der Waals surface area (Å²) in [7, 11) is 0. The maximum atomic E-state index is 5.55. The molecule has 3 rings (SSSR count). The lowest BCUT2D eigenvalue weighted by molar-refractivity contribution is 0.768. The lowest BCUT2D eigenvalue weighted by Gasteiger charge is -2.12. The van der Waals surface area contributed by atoms with Gasteiger partial charge in [0.25, 0.3) is 0 Å². The summed E-state index contributed by atoms with van der Waals surface area (Å²) in [6.07, 6.45) is 3.76. The number of nitrogens with zero attached hydrogens (tertiary/aromatic N) is 2. The molecule has 0 spiro atoms. The van der Waals surface area contributed by atoms with Crippen molar-refractivity contribution in [1.29, 1.82) is 0 Å². The highest BCUT2D eigenvalue weighted by Crippen LogP contribution is 2.23. The first kappa shape index (κ1) is 10.1. The van der Waals surface area contributed by atoms with Gasteiger partial charge in [-0.3, -0.25) is 0 Å². The Balaban J connectivity index is 1.74. The summed E-state index contributed by atoms with van der Waals surface area (Å²) in [6.45, 7) is 0. The maximum Gasteiger partial charge on any atom is 0.221 e. The summed E-state index contributed by atoms with van der Waals surface area (Å²) < 4.78 is 0. The van der Waals surface area contributed by atoms with E-state index in [1.54, 1.807) is 6.20 Å². The molecule has 1 heterocycles. The normalized spacial score (nSPS) is 14.6. The number of hydrogen-bond donors (Lipinski definition) is 2. The predicted molar refractivity (Wildman–Crippen MR) is 67.7 cm³/mol. The Morgan fingerprint density at radius 2 is 1.82 bits per heavy atom. The second-order valence-electron chi connectivity index (χ2n) is 4.32. The monoisotopic (exact) mass is 226 g/mol. The predicted octanol–water partition coefficient (Wildman–Crippen LogP) is 1.64. The van der Waals surface area contributed by atoms with Crippen molar-refractivity contribution in [2.24, 2.45) is 0 Å². The SMILES string of the molecule is Nc1nccc(NC2Cc3ccccc3C2)n1. The number of hydrogen-bond acceptors (Lipinski definition) is 4. The average molecular weight is 226 g/mol. The minimum atomic E-state index is 0.311. The van der Waals surface area contributed by atoms with E-state index in [9.17, 15) is 0 Å². The van der Waals surface area contributed by atoms with Crippen molar-refractivity contribution in [3.8, 4) is 0 Å². The zero-order chi connectivity index (χ0) is 11.7. The van der Waals surface area contributed by atoms with Gasteiger partial charge in [0.1, 0.15) is 5.82 Å². The van der Waals surface area contributed by atoms with E-state index in [0.29, 0.717) is 12.0 Å². The molecule has 1 aromatic heterocycles. The third-order valence-electron chi connectivity index (χ3n) is 3.08. The van der Waals surface area contributed by atoms with E-state index in [1.807, 2.05) is 6.07 Å². The van der Waals surface area contributed by atoms with Crippen molar-refractivity contribution < 1.29 is 0 Å². The molecule has 3 N–H and O–H groups in total. The van der Waals surface area contributed by atoms with Gasteiger partial charge in [-0.05, 0) is 30.0 Å². The van der Waals surface area contributed by atoms with Gasteiger partial charge in [-0.15, -0.1) is 0 Å². The second kappa shape index (κ2) is 4.05. The molecule has 0 atom stereocenters.